The van der Waals surface area contributed by atoms with Gasteiger partial charge in [-0.05, 0) is 30.9 Å². The summed E-state index contributed by atoms with van der Waals surface area (Å²) in [5, 5.41) is 2.84. The van der Waals surface area contributed by atoms with E-state index in [0.717, 1.165) is 25.9 Å². The van der Waals surface area contributed by atoms with E-state index in [1.807, 2.05) is 17.0 Å². The Kier molecular flexibility index (Phi) is 6.49. The molecule has 2 rings (SSSR count). The maximum absolute atomic E-state index is 12.4. The van der Waals surface area contributed by atoms with Crippen LogP contribution in [-0.4, -0.2) is 36.3 Å². The summed E-state index contributed by atoms with van der Waals surface area (Å²) in [6, 6.07) is 7.16. The molecule has 0 atom stereocenters. The summed E-state index contributed by atoms with van der Waals surface area (Å²) < 4.78 is 0. The number of benzene rings is 1. The minimum atomic E-state index is 0. The summed E-state index contributed by atoms with van der Waals surface area (Å²) in [6.07, 6.45) is 1.83. The third-order valence-electron chi connectivity index (χ3n) is 3.73. The third-order valence-corrected chi connectivity index (χ3v) is 3.73. The van der Waals surface area contributed by atoms with Gasteiger partial charge in [-0.3, -0.25) is 9.59 Å². The Hall–Kier alpha value is -1.75. The van der Waals surface area contributed by atoms with Crippen LogP contribution < -0.4 is 11.1 Å². The molecule has 0 aromatic heterocycles. The number of nitrogens with zero attached hydrogens (tertiary/aromatic N) is 1. The first-order valence-electron chi connectivity index (χ1n) is 6.96. The average molecular weight is 312 g/mol. The fourth-order valence-electron chi connectivity index (χ4n) is 2.49. The molecule has 2 amide bonds. The molecule has 0 bridgehead atoms. The van der Waals surface area contributed by atoms with Crippen LogP contribution in [0.3, 0.4) is 0 Å². The van der Waals surface area contributed by atoms with Crippen molar-refractivity contribution in [3.05, 3.63) is 29.8 Å². The van der Waals surface area contributed by atoms with Gasteiger partial charge in [-0.25, -0.2) is 0 Å². The molecule has 3 N–H and O–H groups in total. The summed E-state index contributed by atoms with van der Waals surface area (Å²) in [5.74, 6) is 0.456. The normalized spacial score (nSPS) is 15.2. The summed E-state index contributed by atoms with van der Waals surface area (Å²) in [6.45, 7) is 3.66. The van der Waals surface area contributed by atoms with Crippen molar-refractivity contribution in [2.45, 2.75) is 19.8 Å². The highest BCUT2D eigenvalue weighted by Crippen LogP contribution is 2.20. The molecule has 1 heterocycles. The monoisotopic (exact) mass is 311 g/mol. The van der Waals surface area contributed by atoms with Crippen molar-refractivity contribution in [3.63, 3.8) is 0 Å². The number of hydrogen-bond donors (Lipinski definition) is 2. The minimum absolute atomic E-state index is 0. The molecular weight excluding hydrogens is 290 g/mol. The lowest BCUT2D eigenvalue weighted by molar-refractivity contribution is -0.119. The maximum atomic E-state index is 12.4. The SMILES string of the molecule is CC(=O)NCC1CCN(C(=O)c2ccccc2N)CC1.Cl. The van der Waals surface area contributed by atoms with Gasteiger partial charge >= 0.3 is 0 Å². The second-order valence-electron chi connectivity index (χ2n) is 5.26. The van der Waals surface area contributed by atoms with Gasteiger partial charge in [0.15, 0.2) is 0 Å². The van der Waals surface area contributed by atoms with Crippen molar-refractivity contribution in [1.29, 1.82) is 0 Å². The van der Waals surface area contributed by atoms with Crippen LogP contribution in [0.1, 0.15) is 30.1 Å². The van der Waals surface area contributed by atoms with Crippen LogP contribution >= 0.6 is 12.4 Å². The number of carbonyl (C=O) groups excluding carboxylic acids is 2. The summed E-state index contributed by atoms with van der Waals surface area (Å²) in [4.78, 5) is 25.1. The van der Waals surface area contributed by atoms with E-state index < -0.39 is 0 Å². The number of likely N-dealkylation sites (tertiary alicyclic amines) is 1. The van der Waals surface area contributed by atoms with Crippen molar-refractivity contribution in [3.8, 4) is 0 Å². The molecule has 0 radical (unpaired) electrons. The fraction of sp³-hybridized carbons (Fsp3) is 0.467. The van der Waals surface area contributed by atoms with Gasteiger partial charge in [0.2, 0.25) is 5.91 Å². The number of rotatable bonds is 3. The van der Waals surface area contributed by atoms with E-state index in [1.54, 1.807) is 12.1 Å². The number of hydrogen-bond acceptors (Lipinski definition) is 3. The predicted octanol–water partition coefficient (Wildman–Crippen LogP) is 1.68. The number of carbonyl (C=O) groups is 2. The molecule has 1 aromatic carbocycles. The maximum Gasteiger partial charge on any atom is 0.255 e. The number of para-hydroxylation sites is 1. The van der Waals surface area contributed by atoms with Crippen LogP contribution in [0.15, 0.2) is 24.3 Å². The second-order valence-corrected chi connectivity index (χ2v) is 5.26. The first kappa shape index (κ1) is 17.3. The topological polar surface area (TPSA) is 75.4 Å². The van der Waals surface area contributed by atoms with Crippen LogP contribution in [0.5, 0.6) is 0 Å². The summed E-state index contributed by atoms with van der Waals surface area (Å²) >= 11 is 0. The van der Waals surface area contributed by atoms with Crippen LogP contribution in [0, 0.1) is 5.92 Å². The van der Waals surface area contributed by atoms with Crippen molar-refractivity contribution >= 4 is 29.9 Å². The lowest BCUT2D eigenvalue weighted by Gasteiger charge is -2.32. The molecule has 1 fully saturated rings. The van der Waals surface area contributed by atoms with Gasteiger partial charge in [0, 0.05) is 32.2 Å². The highest BCUT2D eigenvalue weighted by atomic mass is 35.5. The Labute approximate surface area is 131 Å². The largest absolute Gasteiger partial charge is 0.398 e. The highest BCUT2D eigenvalue weighted by Gasteiger charge is 2.24. The molecule has 0 unspecified atom stereocenters. The molecule has 1 aliphatic rings. The number of halogens is 1. The Morgan fingerprint density at radius 1 is 1.29 bits per heavy atom. The Morgan fingerprint density at radius 3 is 2.48 bits per heavy atom. The van der Waals surface area contributed by atoms with E-state index in [-0.39, 0.29) is 24.2 Å². The van der Waals surface area contributed by atoms with Crippen molar-refractivity contribution < 1.29 is 9.59 Å². The van der Waals surface area contributed by atoms with Crippen LogP contribution in [0.4, 0.5) is 5.69 Å². The third kappa shape index (κ3) is 4.63. The Bertz CT molecular complexity index is 499. The van der Waals surface area contributed by atoms with Gasteiger partial charge in [-0.1, -0.05) is 12.1 Å². The number of nitrogens with one attached hydrogen (secondary N) is 1. The lowest BCUT2D eigenvalue weighted by atomic mass is 9.96. The molecule has 1 saturated heterocycles. The van der Waals surface area contributed by atoms with Crippen LogP contribution in [-0.2, 0) is 4.79 Å². The van der Waals surface area contributed by atoms with Gasteiger partial charge in [-0.15, -0.1) is 12.4 Å². The first-order valence-corrected chi connectivity index (χ1v) is 6.96. The zero-order valence-electron chi connectivity index (χ0n) is 12.2. The number of nitrogen functional groups attached to an aromatic ring is 1. The van der Waals surface area contributed by atoms with Crippen LogP contribution in [0.25, 0.3) is 0 Å². The van der Waals surface area contributed by atoms with Gasteiger partial charge < -0.3 is 16.0 Å². The van der Waals surface area contributed by atoms with Gasteiger partial charge in [-0.2, -0.15) is 0 Å². The molecule has 1 aromatic rings. The van der Waals surface area contributed by atoms with Crippen molar-refractivity contribution in [2.75, 3.05) is 25.4 Å². The van der Waals surface area contributed by atoms with E-state index in [2.05, 4.69) is 5.32 Å². The molecule has 21 heavy (non-hydrogen) atoms. The molecule has 0 spiro atoms. The minimum Gasteiger partial charge on any atom is -0.398 e. The van der Waals surface area contributed by atoms with Crippen molar-refractivity contribution in [2.24, 2.45) is 5.92 Å². The molecule has 116 valence electrons. The quantitative estimate of drug-likeness (QED) is 0.834. The average Bonchev–Trinajstić information content (AvgIpc) is 2.45. The zero-order chi connectivity index (χ0) is 14.5. The van der Waals surface area contributed by atoms with Crippen molar-refractivity contribution in [1.82, 2.24) is 10.2 Å². The summed E-state index contributed by atoms with van der Waals surface area (Å²) in [7, 11) is 0. The number of amides is 2. The number of anilines is 1. The van der Waals surface area contributed by atoms with E-state index in [0.29, 0.717) is 23.7 Å². The van der Waals surface area contributed by atoms with Gasteiger partial charge in [0.25, 0.3) is 5.91 Å². The standard InChI is InChI=1S/C15H21N3O2.ClH/c1-11(19)17-10-12-6-8-18(9-7-12)15(20)13-4-2-3-5-14(13)16;/h2-5,12H,6-10,16H2,1H3,(H,17,19);1H. The van der Waals surface area contributed by atoms with Gasteiger partial charge in [0.1, 0.15) is 0 Å². The molecule has 6 heteroatoms. The molecule has 0 aliphatic carbocycles. The molecule has 5 nitrogen and oxygen atoms in total. The Morgan fingerprint density at radius 2 is 1.90 bits per heavy atom. The van der Waals surface area contributed by atoms with E-state index in [9.17, 15) is 9.59 Å². The number of piperidine rings is 1. The van der Waals surface area contributed by atoms with Gasteiger partial charge in [0.05, 0.1) is 5.56 Å². The molecular formula is C15H22ClN3O2. The zero-order valence-corrected chi connectivity index (χ0v) is 13.0. The predicted molar refractivity (Wildman–Crippen MR) is 85.4 cm³/mol. The van der Waals surface area contributed by atoms with E-state index >= 15 is 0 Å². The number of nitrogens with two attached hydrogens (primary N) is 1. The highest BCUT2D eigenvalue weighted by molar-refractivity contribution is 5.99. The lowest BCUT2D eigenvalue weighted by Crippen LogP contribution is -2.41. The van der Waals surface area contributed by atoms with E-state index in [4.69, 9.17) is 5.73 Å². The molecule has 0 saturated carbocycles. The Balaban J connectivity index is 0.00000220. The van der Waals surface area contributed by atoms with Crippen LogP contribution in [0.2, 0.25) is 0 Å². The smallest absolute Gasteiger partial charge is 0.255 e. The summed E-state index contributed by atoms with van der Waals surface area (Å²) in [5.41, 5.74) is 6.94. The van der Waals surface area contributed by atoms with E-state index in [1.165, 1.54) is 6.92 Å². The first-order chi connectivity index (χ1) is 9.58. The second kappa shape index (κ2) is 7.88. The fourth-order valence-corrected chi connectivity index (χ4v) is 2.49. The molecule has 1 aliphatic heterocycles.